The molecule has 0 bridgehead atoms. The van der Waals surface area contributed by atoms with E-state index in [1.165, 1.54) is 35.4 Å². The van der Waals surface area contributed by atoms with Crippen molar-refractivity contribution in [1.82, 2.24) is 15.1 Å². The van der Waals surface area contributed by atoms with Crippen LogP contribution >= 0.6 is 0 Å². The fraction of sp³-hybridized carbons (Fsp3) is 0.250. The number of halogens is 3. The quantitative estimate of drug-likeness (QED) is 0.528. The highest BCUT2D eigenvalue weighted by Gasteiger charge is 2.30. The van der Waals surface area contributed by atoms with E-state index in [0.717, 1.165) is 12.1 Å². The van der Waals surface area contributed by atoms with E-state index in [1.807, 2.05) is 6.92 Å². The van der Waals surface area contributed by atoms with Crippen molar-refractivity contribution in [3.63, 3.8) is 0 Å². The summed E-state index contributed by atoms with van der Waals surface area (Å²) in [4.78, 5) is 14.0. The molecule has 0 saturated carbocycles. The van der Waals surface area contributed by atoms with Gasteiger partial charge in [0.2, 0.25) is 11.8 Å². The summed E-state index contributed by atoms with van der Waals surface area (Å²) in [6.45, 7) is 2.40. The maximum atomic E-state index is 12.8. The van der Waals surface area contributed by atoms with Gasteiger partial charge in [-0.05, 0) is 42.3 Å². The molecule has 9 heteroatoms. The first-order valence-corrected chi connectivity index (χ1v) is 8.87. The Labute approximate surface area is 164 Å². The van der Waals surface area contributed by atoms with Crippen LogP contribution in [-0.4, -0.2) is 27.5 Å². The molecule has 2 heterocycles. The third-order valence-electron chi connectivity index (χ3n) is 3.96. The first kappa shape index (κ1) is 20.4. The van der Waals surface area contributed by atoms with Crippen molar-refractivity contribution < 1.29 is 26.8 Å². The van der Waals surface area contributed by atoms with E-state index >= 15 is 0 Å². The Kier molecular flexibility index (Phi) is 6.16. The fourth-order valence-corrected chi connectivity index (χ4v) is 2.61. The number of hydrogen-bond donors (Lipinski definition) is 0. The summed E-state index contributed by atoms with van der Waals surface area (Å²) in [5.74, 6) is 0.475. The molecule has 0 atom stereocenters. The van der Waals surface area contributed by atoms with Gasteiger partial charge >= 0.3 is 6.18 Å². The Morgan fingerprint density at radius 2 is 2.03 bits per heavy atom. The molecule has 1 amide bonds. The molecule has 6 nitrogen and oxygen atoms in total. The second-order valence-corrected chi connectivity index (χ2v) is 6.19. The summed E-state index contributed by atoms with van der Waals surface area (Å²) in [5.41, 5.74) is -0.489. The van der Waals surface area contributed by atoms with Crippen LogP contribution in [0.5, 0.6) is 0 Å². The Hall–Kier alpha value is -3.36. The van der Waals surface area contributed by atoms with Crippen molar-refractivity contribution >= 4 is 12.0 Å². The lowest BCUT2D eigenvalue weighted by Crippen LogP contribution is -2.29. The largest absolute Gasteiger partial charge is 0.459 e. The minimum Gasteiger partial charge on any atom is -0.459 e. The minimum absolute atomic E-state index is 0.0767. The molecule has 0 aliphatic carbocycles. The predicted octanol–water partition coefficient (Wildman–Crippen LogP) is 4.80. The number of benzene rings is 1. The molecule has 152 valence electrons. The Morgan fingerprint density at radius 3 is 2.72 bits per heavy atom. The highest BCUT2D eigenvalue weighted by molar-refractivity contribution is 5.91. The topological polar surface area (TPSA) is 72.4 Å². The first-order valence-electron chi connectivity index (χ1n) is 8.87. The van der Waals surface area contributed by atoms with Crippen LogP contribution in [0.3, 0.4) is 0 Å². The van der Waals surface area contributed by atoms with Crippen LogP contribution in [0.1, 0.15) is 30.4 Å². The van der Waals surface area contributed by atoms with Crippen molar-refractivity contribution in [3.8, 4) is 11.7 Å². The Balaban J connectivity index is 1.70. The molecule has 2 aromatic heterocycles. The first-order chi connectivity index (χ1) is 13.9. The summed E-state index contributed by atoms with van der Waals surface area (Å²) >= 11 is 0. The molecule has 0 N–H and O–H groups in total. The van der Waals surface area contributed by atoms with E-state index in [9.17, 15) is 18.0 Å². The van der Waals surface area contributed by atoms with E-state index in [0.29, 0.717) is 18.7 Å². The summed E-state index contributed by atoms with van der Waals surface area (Å²) in [6.07, 6.45) is 0.302. The van der Waals surface area contributed by atoms with Crippen LogP contribution in [0, 0.1) is 0 Å². The van der Waals surface area contributed by atoms with Gasteiger partial charge in [-0.3, -0.25) is 4.79 Å². The normalized spacial score (nSPS) is 11.9. The average molecular weight is 405 g/mol. The lowest BCUT2D eigenvalue weighted by atomic mass is 10.1. The molecule has 0 aliphatic rings. The van der Waals surface area contributed by atoms with Gasteiger partial charge in [0.05, 0.1) is 18.4 Å². The highest BCUT2D eigenvalue weighted by atomic mass is 19.4. The number of aromatic nitrogens is 2. The monoisotopic (exact) mass is 405 g/mol. The van der Waals surface area contributed by atoms with E-state index in [2.05, 4.69) is 10.2 Å². The van der Waals surface area contributed by atoms with Gasteiger partial charge in [-0.1, -0.05) is 19.1 Å². The Bertz CT molecular complexity index is 978. The minimum atomic E-state index is -4.44. The second-order valence-electron chi connectivity index (χ2n) is 6.19. The van der Waals surface area contributed by atoms with Gasteiger partial charge in [-0.15, -0.1) is 10.2 Å². The smallest absolute Gasteiger partial charge is 0.416 e. The summed E-state index contributed by atoms with van der Waals surface area (Å²) in [6, 6.07) is 8.12. The number of alkyl halides is 3. The summed E-state index contributed by atoms with van der Waals surface area (Å²) in [7, 11) is 0. The molecule has 0 aliphatic heterocycles. The summed E-state index contributed by atoms with van der Waals surface area (Å²) < 4.78 is 49.1. The van der Waals surface area contributed by atoms with Crippen molar-refractivity contribution in [2.75, 3.05) is 6.54 Å². The third kappa shape index (κ3) is 5.34. The number of amides is 1. The number of carbonyl (C=O) groups is 1. The lowest BCUT2D eigenvalue weighted by molar-refractivity contribution is -0.137. The standard InChI is InChI=1S/C20H18F3N3O3/c1-2-10-26(13-17-24-25-19(29-17)16-7-4-11-28-16)18(27)9-8-14-5-3-6-15(12-14)20(21,22)23/h3-9,11-12H,2,10,13H2,1H3/b9-8+. The number of carbonyl (C=O) groups excluding carboxylic acids is 1. The molecular formula is C20H18F3N3O3. The zero-order chi connectivity index (χ0) is 20.9. The van der Waals surface area contributed by atoms with Crippen LogP contribution in [0.4, 0.5) is 13.2 Å². The van der Waals surface area contributed by atoms with Crippen molar-refractivity contribution in [1.29, 1.82) is 0 Å². The zero-order valence-electron chi connectivity index (χ0n) is 15.5. The second kappa shape index (κ2) is 8.76. The Morgan fingerprint density at radius 1 is 1.21 bits per heavy atom. The zero-order valence-corrected chi connectivity index (χ0v) is 15.5. The van der Waals surface area contributed by atoms with Crippen molar-refractivity contribution in [2.45, 2.75) is 26.1 Å². The average Bonchev–Trinajstić information content (AvgIpc) is 3.37. The van der Waals surface area contributed by atoms with E-state index < -0.39 is 11.7 Å². The van der Waals surface area contributed by atoms with Gasteiger partial charge in [-0.2, -0.15) is 13.2 Å². The van der Waals surface area contributed by atoms with Gasteiger partial charge in [-0.25, -0.2) is 0 Å². The maximum Gasteiger partial charge on any atom is 0.416 e. The van der Waals surface area contributed by atoms with Gasteiger partial charge in [0.25, 0.3) is 5.89 Å². The van der Waals surface area contributed by atoms with Gasteiger partial charge in [0, 0.05) is 12.6 Å². The van der Waals surface area contributed by atoms with Gasteiger partial charge < -0.3 is 13.7 Å². The van der Waals surface area contributed by atoms with Gasteiger partial charge in [0.1, 0.15) is 0 Å². The molecule has 0 saturated heterocycles. The van der Waals surface area contributed by atoms with Crippen molar-refractivity contribution in [2.24, 2.45) is 0 Å². The van der Waals surface area contributed by atoms with Crippen LogP contribution < -0.4 is 0 Å². The molecule has 1 aromatic carbocycles. The molecule has 3 rings (SSSR count). The molecular weight excluding hydrogens is 387 g/mol. The molecule has 0 fully saturated rings. The van der Waals surface area contributed by atoms with Crippen LogP contribution in [0.15, 0.2) is 57.6 Å². The number of furan rings is 1. The number of nitrogens with zero attached hydrogens (tertiary/aromatic N) is 3. The SMILES string of the molecule is CCCN(Cc1nnc(-c2ccco2)o1)C(=O)/C=C/c1cccc(C(F)(F)F)c1. The highest BCUT2D eigenvalue weighted by Crippen LogP contribution is 2.29. The van der Waals surface area contributed by atoms with Crippen LogP contribution in [-0.2, 0) is 17.5 Å². The molecule has 3 aromatic rings. The molecule has 0 spiro atoms. The number of rotatable bonds is 7. The fourth-order valence-electron chi connectivity index (χ4n) is 2.61. The third-order valence-corrected chi connectivity index (χ3v) is 3.96. The van der Waals surface area contributed by atoms with E-state index in [1.54, 1.807) is 12.1 Å². The van der Waals surface area contributed by atoms with E-state index in [4.69, 9.17) is 8.83 Å². The lowest BCUT2D eigenvalue weighted by Gasteiger charge is -2.18. The van der Waals surface area contributed by atoms with Crippen molar-refractivity contribution in [3.05, 3.63) is 65.8 Å². The van der Waals surface area contributed by atoms with E-state index in [-0.39, 0.29) is 29.8 Å². The van der Waals surface area contributed by atoms with Gasteiger partial charge in [0.15, 0.2) is 5.76 Å². The molecule has 0 unspecified atom stereocenters. The molecule has 29 heavy (non-hydrogen) atoms. The van der Waals surface area contributed by atoms with Crippen LogP contribution in [0.25, 0.3) is 17.7 Å². The number of hydrogen-bond acceptors (Lipinski definition) is 5. The summed E-state index contributed by atoms with van der Waals surface area (Å²) in [5, 5.41) is 7.80. The van der Waals surface area contributed by atoms with Crippen LogP contribution in [0.2, 0.25) is 0 Å². The maximum absolute atomic E-state index is 12.8. The predicted molar refractivity (Wildman–Crippen MR) is 98.2 cm³/mol. The molecule has 0 radical (unpaired) electrons.